The summed E-state index contributed by atoms with van der Waals surface area (Å²) in [4.78, 5) is 14.3. The van der Waals surface area contributed by atoms with E-state index in [9.17, 15) is 10.0 Å². The number of nitrogens with one attached hydrogen (secondary N) is 2. The molecule has 2 fully saturated rings. The number of nitrogens with zero attached hydrogens (tertiary/aromatic N) is 2. The second kappa shape index (κ2) is 5.99. The molecule has 0 radical (unpaired) electrons. The topological polar surface area (TPSA) is 71.3 Å². The van der Waals surface area contributed by atoms with E-state index in [2.05, 4.69) is 10.6 Å². The van der Waals surface area contributed by atoms with E-state index in [4.69, 9.17) is 0 Å². The maximum absolute atomic E-state index is 12.4. The Morgan fingerprint density at radius 3 is 3.00 bits per heavy atom. The van der Waals surface area contributed by atoms with Gasteiger partial charge in [0.05, 0.1) is 11.4 Å². The van der Waals surface area contributed by atoms with Crippen LogP contribution in [0.15, 0.2) is 24.5 Å². The third kappa shape index (κ3) is 2.89. The van der Waals surface area contributed by atoms with Gasteiger partial charge in [0.1, 0.15) is 0 Å². The van der Waals surface area contributed by atoms with Crippen molar-refractivity contribution in [2.24, 2.45) is 0 Å². The lowest BCUT2D eigenvalue weighted by Gasteiger charge is -2.29. The smallest absolute Gasteiger partial charge is 0.240 e. The summed E-state index contributed by atoms with van der Waals surface area (Å²) >= 11 is 1.68. The summed E-state index contributed by atoms with van der Waals surface area (Å²) in [5.74, 6) is 0.925. The number of thioether (sulfide) groups is 1. The quantitative estimate of drug-likeness (QED) is 0.566. The fourth-order valence-electron chi connectivity index (χ4n) is 2.54. The molecule has 0 spiro atoms. The molecule has 2 saturated heterocycles. The second-order valence-electron chi connectivity index (χ2n) is 5.01. The van der Waals surface area contributed by atoms with Gasteiger partial charge in [0.2, 0.25) is 5.91 Å². The van der Waals surface area contributed by atoms with Gasteiger partial charge in [-0.2, -0.15) is 4.73 Å². The molecule has 0 saturated carbocycles. The highest BCUT2D eigenvalue weighted by Gasteiger charge is 2.34. The van der Waals surface area contributed by atoms with Crippen molar-refractivity contribution in [2.75, 3.05) is 31.9 Å². The van der Waals surface area contributed by atoms with Crippen molar-refractivity contribution < 1.29 is 9.52 Å². The molecule has 6 nitrogen and oxygen atoms in total. The summed E-state index contributed by atoms with van der Waals surface area (Å²) in [7, 11) is 0. The summed E-state index contributed by atoms with van der Waals surface area (Å²) in [5, 5.41) is 17.9. The van der Waals surface area contributed by atoms with Crippen LogP contribution in [0.5, 0.6) is 0 Å². The van der Waals surface area contributed by atoms with Crippen molar-refractivity contribution in [1.29, 1.82) is 0 Å². The van der Waals surface area contributed by atoms with Crippen LogP contribution in [0, 0.1) is 5.21 Å². The first-order valence-corrected chi connectivity index (χ1v) is 7.85. The van der Waals surface area contributed by atoms with Crippen molar-refractivity contribution in [3.63, 3.8) is 0 Å². The molecule has 0 bridgehead atoms. The number of rotatable bonds is 2. The normalized spacial score (nSPS) is 26.7. The Labute approximate surface area is 122 Å². The minimum atomic E-state index is -0.150. The monoisotopic (exact) mass is 294 g/mol. The van der Waals surface area contributed by atoms with Crippen LogP contribution < -0.4 is 15.4 Å². The van der Waals surface area contributed by atoms with Gasteiger partial charge in [-0.05, 0) is 6.07 Å². The lowest BCUT2D eigenvalue weighted by atomic mass is 10.2. The zero-order valence-electron chi connectivity index (χ0n) is 11.1. The maximum atomic E-state index is 12.4. The van der Waals surface area contributed by atoms with Crippen LogP contribution in [0.2, 0.25) is 0 Å². The lowest BCUT2D eigenvalue weighted by molar-refractivity contribution is -0.605. The van der Waals surface area contributed by atoms with Crippen molar-refractivity contribution in [3.8, 4) is 0 Å². The third-order valence-corrected chi connectivity index (χ3v) is 4.88. The predicted molar refractivity (Wildman–Crippen MR) is 77.0 cm³/mol. The Balaban J connectivity index is 1.63. The number of piperazine rings is 1. The average molecular weight is 294 g/mol. The third-order valence-electron chi connectivity index (χ3n) is 3.61. The number of pyridine rings is 1. The van der Waals surface area contributed by atoms with E-state index in [0.29, 0.717) is 0 Å². The number of hydrogen-bond acceptors (Lipinski definition) is 5. The number of carbonyl (C=O) groups excluding carboxylic acids is 1. The van der Waals surface area contributed by atoms with Gasteiger partial charge in [0.15, 0.2) is 12.4 Å². The average Bonchev–Trinajstić information content (AvgIpc) is 2.97. The van der Waals surface area contributed by atoms with Gasteiger partial charge in [0.25, 0.3) is 0 Å². The zero-order chi connectivity index (χ0) is 13.9. The summed E-state index contributed by atoms with van der Waals surface area (Å²) < 4.78 is 0.795. The van der Waals surface area contributed by atoms with Crippen molar-refractivity contribution in [3.05, 3.63) is 35.3 Å². The largest absolute Gasteiger partial charge is 0.619 e. The first-order chi connectivity index (χ1) is 9.74. The Morgan fingerprint density at radius 2 is 2.25 bits per heavy atom. The van der Waals surface area contributed by atoms with Crippen LogP contribution in [-0.2, 0) is 4.79 Å². The molecule has 3 rings (SSSR count). The molecule has 20 heavy (non-hydrogen) atoms. The maximum Gasteiger partial charge on any atom is 0.240 e. The van der Waals surface area contributed by atoms with Gasteiger partial charge in [0, 0.05) is 43.6 Å². The molecule has 1 unspecified atom stereocenters. The van der Waals surface area contributed by atoms with Gasteiger partial charge < -0.3 is 15.4 Å². The van der Waals surface area contributed by atoms with Crippen LogP contribution in [0.1, 0.15) is 10.9 Å². The lowest BCUT2D eigenvalue weighted by Crippen LogP contribution is -2.52. The SMILES string of the molecule is O=C([C@@H]1CSC(c2ccc[n+]([O-])c2)N1)N1CCNCC1. The molecule has 3 heterocycles. The highest BCUT2D eigenvalue weighted by molar-refractivity contribution is 7.99. The van der Waals surface area contributed by atoms with E-state index in [1.807, 2.05) is 11.0 Å². The highest BCUT2D eigenvalue weighted by Crippen LogP contribution is 2.32. The molecule has 2 aliphatic rings. The summed E-state index contributed by atoms with van der Waals surface area (Å²) in [6.07, 6.45) is 3.02. The summed E-state index contributed by atoms with van der Waals surface area (Å²) in [6, 6.07) is 3.50. The Hall–Kier alpha value is -1.31. The fourth-order valence-corrected chi connectivity index (χ4v) is 3.76. The molecule has 1 aromatic rings. The molecule has 1 aromatic heterocycles. The molecular weight excluding hydrogens is 276 g/mol. The molecule has 0 aromatic carbocycles. The molecule has 108 valence electrons. The van der Waals surface area contributed by atoms with Crippen LogP contribution in [0.4, 0.5) is 0 Å². The van der Waals surface area contributed by atoms with E-state index >= 15 is 0 Å². The molecule has 0 aliphatic carbocycles. The number of carbonyl (C=O) groups is 1. The van der Waals surface area contributed by atoms with Gasteiger partial charge >= 0.3 is 0 Å². The van der Waals surface area contributed by atoms with E-state index < -0.39 is 0 Å². The van der Waals surface area contributed by atoms with E-state index in [0.717, 1.165) is 42.2 Å². The number of amides is 1. The predicted octanol–water partition coefficient (Wildman–Crippen LogP) is -0.545. The summed E-state index contributed by atoms with van der Waals surface area (Å²) in [5.41, 5.74) is 0.920. The zero-order valence-corrected chi connectivity index (χ0v) is 11.9. The van der Waals surface area contributed by atoms with Gasteiger partial charge in [-0.25, -0.2) is 0 Å². The Morgan fingerprint density at radius 1 is 1.45 bits per heavy atom. The molecule has 2 N–H and O–H groups in total. The first-order valence-electron chi connectivity index (χ1n) is 6.80. The number of hydrogen-bond donors (Lipinski definition) is 2. The van der Waals surface area contributed by atoms with Crippen LogP contribution >= 0.6 is 11.8 Å². The minimum absolute atomic E-state index is 0.0215. The van der Waals surface area contributed by atoms with E-state index in [1.165, 1.54) is 6.20 Å². The summed E-state index contributed by atoms with van der Waals surface area (Å²) in [6.45, 7) is 3.28. The number of aromatic nitrogens is 1. The Kier molecular flexibility index (Phi) is 4.09. The molecule has 1 amide bonds. The van der Waals surface area contributed by atoms with Crippen LogP contribution in [-0.4, -0.2) is 48.8 Å². The minimum Gasteiger partial charge on any atom is -0.619 e. The van der Waals surface area contributed by atoms with Crippen LogP contribution in [0.25, 0.3) is 0 Å². The van der Waals surface area contributed by atoms with Crippen molar-refractivity contribution >= 4 is 17.7 Å². The van der Waals surface area contributed by atoms with E-state index in [-0.39, 0.29) is 17.3 Å². The van der Waals surface area contributed by atoms with Gasteiger partial charge in [-0.3, -0.25) is 10.1 Å². The van der Waals surface area contributed by atoms with E-state index in [1.54, 1.807) is 24.0 Å². The van der Waals surface area contributed by atoms with Gasteiger partial charge in [-0.15, -0.1) is 11.8 Å². The van der Waals surface area contributed by atoms with Crippen molar-refractivity contribution in [2.45, 2.75) is 11.4 Å². The van der Waals surface area contributed by atoms with Crippen LogP contribution in [0.3, 0.4) is 0 Å². The fraction of sp³-hybridized carbons (Fsp3) is 0.538. The second-order valence-corrected chi connectivity index (χ2v) is 6.14. The van der Waals surface area contributed by atoms with Gasteiger partial charge in [-0.1, -0.05) is 0 Å². The van der Waals surface area contributed by atoms with Crippen molar-refractivity contribution in [1.82, 2.24) is 15.5 Å². The molecular formula is C13H18N4O2S. The molecule has 2 aliphatic heterocycles. The highest BCUT2D eigenvalue weighted by atomic mass is 32.2. The standard InChI is InChI=1S/C13H18N4O2S/c18-13(16-6-3-14-4-7-16)11-9-20-12(15-11)10-2-1-5-17(19)8-10/h1-2,5,8,11-12,14-15H,3-4,6-7,9H2/t11-,12?/m0/s1. The first kappa shape index (κ1) is 13.7. The molecule has 2 atom stereocenters. The Bertz CT molecular complexity index is 493. The molecule has 7 heteroatoms.